The lowest BCUT2D eigenvalue weighted by Crippen LogP contribution is -2.49. The first kappa shape index (κ1) is 57.4. The van der Waals surface area contributed by atoms with Crippen LogP contribution in [-0.4, -0.2) is 58.6 Å². The summed E-state index contributed by atoms with van der Waals surface area (Å²) in [5, 5.41) is 0. The van der Waals surface area contributed by atoms with Crippen molar-refractivity contribution in [2.45, 2.75) is 259 Å². The van der Waals surface area contributed by atoms with E-state index >= 15 is 0 Å². The summed E-state index contributed by atoms with van der Waals surface area (Å²) in [6, 6.07) is 4.78. The van der Waals surface area contributed by atoms with Crippen LogP contribution in [0.15, 0.2) is 24.3 Å². The number of nitrogens with zero attached hydrogens (tertiary/aromatic N) is 2. The number of imide groups is 2. The Morgan fingerprint density at radius 2 is 0.565 bits per heavy atom. The molecule has 0 saturated heterocycles. The van der Waals surface area contributed by atoms with Crippen molar-refractivity contribution in [3.05, 3.63) is 35.4 Å². The first-order valence-electron chi connectivity index (χ1n) is 26.3. The molecule has 0 saturated carbocycles. The second kappa shape index (κ2) is 37.8. The van der Waals surface area contributed by atoms with Gasteiger partial charge < -0.3 is 11.5 Å². The van der Waals surface area contributed by atoms with E-state index in [4.69, 9.17) is 11.5 Å². The molecule has 0 aliphatic carbocycles. The fourth-order valence-corrected chi connectivity index (χ4v) is 8.26. The van der Waals surface area contributed by atoms with Crippen molar-refractivity contribution in [3.8, 4) is 0 Å². The average Bonchev–Trinajstić information content (AvgIpc) is 3.27. The van der Waals surface area contributed by atoms with Crippen LogP contribution in [0.5, 0.6) is 0 Å². The smallest absolute Gasteiger partial charge is 0.260 e. The van der Waals surface area contributed by atoms with Gasteiger partial charge in [0.25, 0.3) is 11.8 Å². The molecule has 0 aromatic heterocycles. The first-order valence-corrected chi connectivity index (χ1v) is 26.3. The molecule has 4 amide bonds. The third kappa shape index (κ3) is 26.3. The van der Waals surface area contributed by atoms with Crippen molar-refractivity contribution in [2.75, 3.05) is 13.1 Å². The van der Waals surface area contributed by atoms with E-state index in [0.717, 1.165) is 38.5 Å². The second-order valence-electron chi connectivity index (χ2n) is 19.3. The highest BCUT2D eigenvalue weighted by molar-refractivity contribution is 6.08. The lowest BCUT2D eigenvalue weighted by Gasteiger charge is -2.27. The number of rotatable bonds is 40. The van der Waals surface area contributed by atoms with E-state index in [0.29, 0.717) is 24.2 Å². The molecule has 0 fully saturated rings. The molecule has 1 rings (SSSR count). The minimum Gasteiger partial charge on any atom is -0.320 e. The summed E-state index contributed by atoms with van der Waals surface area (Å²) < 4.78 is 0. The van der Waals surface area contributed by atoms with Gasteiger partial charge in [-0.1, -0.05) is 234 Å². The number of nitrogens with two attached hydrogens (primary N) is 2. The number of carbonyl (C=O) groups is 4. The molecule has 2 unspecified atom stereocenters. The summed E-state index contributed by atoms with van der Waals surface area (Å²) in [7, 11) is 0. The third-order valence-corrected chi connectivity index (χ3v) is 12.9. The molecule has 0 radical (unpaired) electrons. The van der Waals surface area contributed by atoms with E-state index in [1.807, 2.05) is 27.7 Å². The van der Waals surface area contributed by atoms with Crippen LogP contribution in [0.3, 0.4) is 0 Å². The molecule has 0 heterocycles. The van der Waals surface area contributed by atoms with Gasteiger partial charge >= 0.3 is 0 Å². The number of amides is 4. The van der Waals surface area contributed by atoms with Crippen LogP contribution < -0.4 is 11.5 Å². The fraction of sp³-hybridized carbons (Fsp3) is 0.815. The van der Waals surface area contributed by atoms with Crippen LogP contribution >= 0.6 is 0 Å². The standard InChI is InChI=1S/C54H98N4O4/c1-7-9-11-13-15-17-19-21-23-25-27-29-31-33-35-37-43-57(53(61)49(55)45(3)4)51(59)47-39-41-48(42-40-47)52(60)58(54(62)50(56)46(5)6)44-38-36-34-32-30-28-26-24-22-20-18-16-14-12-10-8-2/h39-42,45-46,49-50H,7-38,43-44,55-56H2,1-6H3. The van der Waals surface area contributed by atoms with Gasteiger partial charge in [-0.15, -0.1) is 0 Å². The largest absolute Gasteiger partial charge is 0.320 e. The highest BCUT2D eigenvalue weighted by Crippen LogP contribution is 2.19. The Bertz CT molecular complexity index is 1180. The minimum atomic E-state index is -0.782. The van der Waals surface area contributed by atoms with Gasteiger partial charge in [-0.25, -0.2) is 0 Å². The molecular formula is C54H98N4O4. The van der Waals surface area contributed by atoms with Gasteiger partial charge in [-0.05, 0) is 48.9 Å². The topological polar surface area (TPSA) is 127 Å². The molecule has 2 atom stereocenters. The van der Waals surface area contributed by atoms with Crippen molar-refractivity contribution in [1.29, 1.82) is 0 Å². The normalized spacial score (nSPS) is 12.5. The highest BCUT2D eigenvalue weighted by Gasteiger charge is 2.31. The number of hydrogen-bond donors (Lipinski definition) is 2. The average molecular weight is 867 g/mol. The predicted octanol–water partition coefficient (Wildman–Crippen LogP) is 14.1. The molecular weight excluding hydrogens is 769 g/mol. The lowest BCUT2D eigenvalue weighted by molar-refractivity contribution is -0.131. The van der Waals surface area contributed by atoms with E-state index in [1.165, 1.54) is 177 Å². The summed E-state index contributed by atoms with van der Waals surface area (Å²) in [6.45, 7) is 12.7. The molecule has 8 nitrogen and oxygen atoms in total. The Balaban J connectivity index is 2.64. The molecule has 358 valence electrons. The van der Waals surface area contributed by atoms with Crippen LogP contribution in [0.2, 0.25) is 0 Å². The summed E-state index contributed by atoms with van der Waals surface area (Å²) in [5.74, 6) is -1.78. The maximum Gasteiger partial charge on any atom is 0.260 e. The fourth-order valence-electron chi connectivity index (χ4n) is 8.26. The molecule has 0 aliphatic rings. The number of carbonyl (C=O) groups excluding carboxylic acids is 4. The number of hydrogen-bond acceptors (Lipinski definition) is 6. The van der Waals surface area contributed by atoms with Gasteiger partial charge in [-0.2, -0.15) is 0 Å². The maximum atomic E-state index is 13.9. The molecule has 0 bridgehead atoms. The quantitative estimate of drug-likeness (QED) is 0.0633. The Labute approximate surface area is 382 Å². The number of benzene rings is 1. The van der Waals surface area contributed by atoms with Crippen LogP contribution in [0.1, 0.15) is 268 Å². The lowest BCUT2D eigenvalue weighted by atomic mass is 10.0. The molecule has 4 N–H and O–H groups in total. The Kier molecular flexibility index (Phi) is 35.0. The first-order chi connectivity index (χ1) is 30.0. The monoisotopic (exact) mass is 867 g/mol. The van der Waals surface area contributed by atoms with E-state index in [-0.39, 0.29) is 23.7 Å². The van der Waals surface area contributed by atoms with Crippen molar-refractivity contribution in [2.24, 2.45) is 23.3 Å². The Morgan fingerprint density at radius 1 is 0.371 bits per heavy atom. The zero-order valence-electron chi connectivity index (χ0n) is 41.3. The van der Waals surface area contributed by atoms with Gasteiger partial charge in [0.05, 0.1) is 12.1 Å². The molecule has 8 heteroatoms. The third-order valence-electron chi connectivity index (χ3n) is 12.9. The van der Waals surface area contributed by atoms with Crippen LogP contribution in [0.25, 0.3) is 0 Å². The highest BCUT2D eigenvalue weighted by atomic mass is 16.2. The Hall–Kier alpha value is -2.58. The summed E-state index contributed by atoms with van der Waals surface area (Å²) >= 11 is 0. The van der Waals surface area contributed by atoms with Crippen LogP contribution in [0, 0.1) is 11.8 Å². The zero-order chi connectivity index (χ0) is 45.8. The van der Waals surface area contributed by atoms with Crippen molar-refractivity contribution < 1.29 is 19.2 Å². The SMILES string of the molecule is CCCCCCCCCCCCCCCCCCN(C(=O)c1ccc(C(=O)N(CCCCCCCCCCCCCCCCCC)C(=O)C(N)C(C)C)cc1)C(=O)C(N)C(C)C. The van der Waals surface area contributed by atoms with Crippen LogP contribution in [-0.2, 0) is 9.59 Å². The van der Waals surface area contributed by atoms with Crippen molar-refractivity contribution in [1.82, 2.24) is 9.80 Å². The van der Waals surface area contributed by atoms with E-state index < -0.39 is 23.9 Å². The molecule has 1 aromatic carbocycles. The molecule has 62 heavy (non-hydrogen) atoms. The number of unbranched alkanes of at least 4 members (excludes halogenated alkanes) is 30. The second-order valence-corrected chi connectivity index (χ2v) is 19.3. The minimum absolute atomic E-state index is 0.112. The van der Waals surface area contributed by atoms with Gasteiger partial charge in [0, 0.05) is 24.2 Å². The van der Waals surface area contributed by atoms with Gasteiger partial charge in [0.15, 0.2) is 0 Å². The van der Waals surface area contributed by atoms with Gasteiger partial charge in [0.1, 0.15) is 0 Å². The van der Waals surface area contributed by atoms with Crippen molar-refractivity contribution >= 4 is 23.6 Å². The Morgan fingerprint density at radius 3 is 0.758 bits per heavy atom. The molecule has 0 spiro atoms. The molecule has 1 aromatic rings. The van der Waals surface area contributed by atoms with Gasteiger partial charge in [-0.3, -0.25) is 29.0 Å². The van der Waals surface area contributed by atoms with Gasteiger partial charge in [0.2, 0.25) is 11.8 Å². The van der Waals surface area contributed by atoms with Crippen molar-refractivity contribution in [3.63, 3.8) is 0 Å². The zero-order valence-corrected chi connectivity index (χ0v) is 41.3. The van der Waals surface area contributed by atoms with E-state index in [9.17, 15) is 19.2 Å². The summed E-state index contributed by atoms with van der Waals surface area (Å²) in [5.41, 5.74) is 13.2. The van der Waals surface area contributed by atoms with E-state index in [2.05, 4.69) is 13.8 Å². The molecule has 0 aliphatic heterocycles. The summed E-state index contributed by atoms with van der Waals surface area (Å²) in [6.07, 6.45) is 40.1. The predicted molar refractivity (Wildman–Crippen MR) is 263 cm³/mol. The van der Waals surface area contributed by atoms with E-state index in [1.54, 1.807) is 24.3 Å². The maximum absolute atomic E-state index is 13.9. The summed E-state index contributed by atoms with van der Waals surface area (Å²) in [4.78, 5) is 57.3. The van der Waals surface area contributed by atoms with Crippen LogP contribution in [0.4, 0.5) is 0 Å².